The second-order valence-corrected chi connectivity index (χ2v) is 5.29. The number of benzene rings is 1. The van der Waals surface area contributed by atoms with Gasteiger partial charge in [-0.2, -0.15) is 13.2 Å². The van der Waals surface area contributed by atoms with Crippen molar-refractivity contribution < 1.29 is 22.3 Å². The minimum atomic E-state index is -4.37. The highest BCUT2D eigenvalue weighted by Crippen LogP contribution is 2.30. The lowest BCUT2D eigenvalue weighted by Gasteiger charge is -2.30. The highest BCUT2D eigenvalue weighted by Gasteiger charge is 2.34. The molecule has 1 nitrogen and oxygen atoms in total. The van der Waals surface area contributed by atoms with E-state index in [2.05, 4.69) is 31.9 Å². The van der Waals surface area contributed by atoms with E-state index in [-0.39, 0.29) is 6.61 Å². The van der Waals surface area contributed by atoms with Crippen molar-refractivity contribution in [3.05, 3.63) is 35.6 Å². The fourth-order valence-corrected chi connectivity index (χ4v) is 3.43. The molecule has 19 heavy (non-hydrogen) atoms. The van der Waals surface area contributed by atoms with Gasteiger partial charge in [-0.05, 0) is 17.7 Å². The summed E-state index contributed by atoms with van der Waals surface area (Å²) in [6.07, 6.45) is -4.37. The molecule has 0 saturated heterocycles. The summed E-state index contributed by atoms with van der Waals surface area (Å²) in [5.41, 5.74) is -0.156. The molecular formula is C12H12Br2F4O. The van der Waals surface area contributed by atoms with Crippen LogP contribution >= 0.6 is 31.9 Å². The average Bonchev–Trinajstić information content (AvgIpc) is 2.34. The van der Waals surface area contributed by atoms with Crippen LogP contribution in [0.25, 0.3) is 0 Å². The minimum Gasteiger partial charge on any atom is -0.371 e. The molecule has 0 bridgehead atoms. The van der Waals surface area contributed by atoms with E-state index < -0.39 is 24.0 Å². The Balaban J connectivity index is 2.85. The Kier molecular flexibility index (Phi) is 6.26. The highest BCUT2D eigenvalue weighted by molar-refractivity contribution is 9.09. The van der Waals surface area contributed by atoms with Crippen LogP contribution in [0, 0.1) is 5.82 Å². The van der Waals surface area contributed by atoms with Crippen molar-refractivity contribution in [2.75, 3.05) is 23.9 Å². The van der Waals surface area contributed by atoms with E-state index in [4.69, 9.17) is 4.74 Å². The van der Waals surface area contributed by atoms with E-state index in [1.54, 1.807) is 6.07 Å². The molecule has 0 fully saturated rings. The minimum absolute atomic E-state index is 0.160. The van der Waals surface area contributed by atoms with Gasteiger partial charge < -0.3 is 4.74 Å². The molecular weight excluding hydrogens is 396 g/mol. The van der Waals surface area contributed by atoms with E-state index in [9.17, 15) is 17.6 Å². The average molecular weight is 408 g/mol. The first-order valence-electron chi connectivity index (χ1n) is 5.35. The molecule has 0 heterocycles. The number of hydrogen-bond acceptors (Lipinski definition) is 1. The van der Waals surface area contributed by atoms with Crippen molar-refractivity contribution in [3.8, 4) is 0 Å². The van der Waals surface area contributed by atoms with Crippen LogP contribution in [0.3, 0.4) is 0 Å². The summed E-state index contributed by atoms with van der Waals surface area (Å²) in [7, 11) is 0. The normalized spacial score (nSPS) is 12.7. The molecule has 1 rings (SSSR count). The van der Waals surface area contributed by atoms with Gasteiger partial charge in [0.25, 0.3) is 0 Å². The Morgan fingerprint density at radius 3 is 2.16 bits per heavy atom. The zero-order valence-electron chi connectivity index (χ0n) is 9.81. The summed E-state index contributed by atoms with van der Waals surface area (Å²) in [6.45, 7) is -1.48. The van der Waals surface area contributed by atoms with Crippen LogP contribution in [0.15, 0.2) is 24.3 Å². The van der Waals surface area contributed by atoms with Gasteiger partial charge in [-0.3, -0.25) is 0 Å². The Bertz CT molecular complexity index is 405. The van der Waals surface area contributed by atoms with Crippen LogP contribution in [-0.2, 0) is 10.2 Å². The molecule has 0 spiro atoms. The van der Waals surface area contributed by atoms with Gasteiger partial charge >= 0.3 is 6.18 Å². The molecule has 108 valence electrons. The third-order valence-corrected chi connectivity index (χ3v) is 4.74. The summed E-state index contributed by atoms with van der Waals surface area (Å²) < 4.78 is 54.3. The largest absolute Gasteiger partial charge is 0.411 e. The number of halogens is 6. The van der Waals surface area contributed by atoms with E-state index >= 15 is 0 Å². The zero-order chi connectivity index (χ0) is 14.5. The molecule has 0 saturated carbocycles. The standard InChI is InChI=1S/C12H12Br2F4O/c13-5-11(6-14,7-19-8-12(16,17)18)9-2-1-3-10(15)4-9/h1-4H,5-8H2. The number of alkyl halides is 5. The predicted molar refractivity (Wildman–Crippen MR) is 72.5 cm³/mol. The Labute approximate surface area is 125 Å². The fraction of sp³-hybridized carbons (Fsp3) is 0.500. The van der Waals surface area contributed by atoms with E-state index in [0.717, 1.165) is 0 Å². The number of hydrogen-bond donors (Lipinski definition) is 0. The van der Waals surface area contributed by atoms with Gasteiger partial charge in [-0.15, -0.1) is 0 Å². The lowest BCUT2D eigenvalue weighted by Crippen LogP contribution is -2.37. The van der Waals surface area contributed by atoms with Crippen LogP contribution in [0.2, 0.25) is 0 Å². The summed E-state index contributed by atoms with van der Waals surface area (Å²) in [5.74, 6) is -0.431. The van der Waals surface area contributed by atoms with Crippen molar-refractivity contribution in [1.82, 2.24) is 0 Å². The van der Waals surface area contributed by atoms with Crippen molar-refractivity contribution >= 4 is 31.9 Å². The first-order valence-corrected chi connectivity index (χ1v) is 7.60. The zero-order valence-corrected chi connectivity index (χ0v) is 13.0. The predicted octanol–water partition coefficient (Wildman–Crippen LogP) is 4.43. The molecule has 0 amide bonds. The van der Waals surface area contributed by atoms with E-state index in [1.807, 2.05) is 0 Å². The lowest BCUT2D eigenvalue weighted by atomic mass is 9.85. The monoisotopic (exact) mass is 406 g/mol. The first-order chi connectivity index (χ1) is 8.83. The van der Waals surface area contributed by atoms with Gasteiger partial charge in [0.1, 0.15) is 12.4 Å². The van der Waals surface area contributed by atoms with Crippen LogP contribution < -0.4 is 0 Å². The maximum absolute atomic E-state index is 13.2. The van der Waals surface area contributed by atoms with E-state index in [1.165, 1.54) is 18.2 Å². The van der Waals surface area contributed by atoms with Crippen molar-refractivity contribution in [3.63, 3.8) is 0 Å². The molecule has 1 aromatic rings. The maximum atomic E-state index is 13.2. The molecule has 1 aromatic carbocycles. The fourth-order valence-electron chi connectivity index (χ4n) is 1.53. The summed E-state index contributed by atoms with van der Waals surface area (Å²) in [6, 6.07) is 5.78. The van der Waals surface area contributed by atoms with Crippen molar-refractivity contribution in [2.45, 2.75) is 11.6 Å². The lowest BCUT2D eigenvalue weighted by molar-refractivity contribution is -0.176. The smallest absolute Gasteiger partial charge is 0.371 e. The second-order valence-electron chi connectivity index (χ2n) is 4.17. The second kappa shape index (κ2) is 7.04. The summed E-state index contributed by atoms with van der Waals surface area (Å²) in [5, 5.41) is 0.707. The van der Waals surface area contributed by atoms with Crippen LogP contribution in [0.4, 0.5) is 17.6 Å². The molecule has 7 heteroatoms. The van der Waals surface area contributed by atoms with Crippen molar-refractivity contribution in [1.29, 1.82) is 0 Å². The Morgan fingerprint density at radius 2 is 1.68 bits per heavy atom. The SMILES string of the molecule is Fc1cccc(C(CBr)(CBr)COCC(F)(F)F)c1. The molecule has 0 radical (unpaired) electrons. The maximum Gasteiger partial charge on any atom is 0.411 e. The Hall–Kier alpha value is -0.140. The molecule has 0 aromatic heterocycles. The van der Waals surface area contributed by atoms with Crippen molar-refractivity contribution in [2.24, 2.45) is 0 Å². The van der Waals surface area contributed by atoms with Gasteiger partial charge in [-0.25, -0.2) is 4.39 Å². The quantitative estimate of drug-likeness (QED) is 0.500. The van der Waals surface area contributed by atoms with Gasteiger partial charge in [0.2, 0.25) is 0 Å². The molecule has 0 aliphatic rings. The first kappa shape index (κ1) is 16.9. The third kappa shape index (κ3) is 5.04. The van der Waals surface area contributed by atoms with Gasteiger partial charge in [0, 0.05) is 16.1 Å². The molecule has 0 unspecified atom stereocenters. The number of rotatable bonds is 6. The molecule has 0 N–H and O–H groups in total. The molecule has 0 atom stereocenters. The van der Waals surface area contributed by atoms with Gasteiger partial charge in [-0.1, -0.05) is 44.0 Å². The third-order valence-electron chi connectivity index (χ3n) is 2.59. The van der Waals surface area contributed by atoms with Gasteiger partial charge in [0.05, 0.1) is 6.61 Å². The van der Waals surface area contributed by atoms with Crippen LogP contribution in [0.1, 0.15) is 5.56 Å². The molecule has 0 aliphatic heterocycles. The van der Waals surface area contributed by atoms with E-state index in [0.29, 0.717) is 16.2 Å². The summed E-state index contributed by atoms with van der Waals surface area (Å²) in [4.78, 5) is 0. The Morgan fingerprint density at radius 1 is 1.05 bits per heavy atom. The summed E-state index contributed by atoms with van der Waals surface area (Å²) >= 11 is 6.52. The molecule has 0 aliphatic carbocycles. The number of ether oxygens (including phenoxy) is 1. The van der Waals surface area contributed by atoms with Gasteiger partial charge in [0.15, 0.2) is 0 Å². The van der Waals surface area contributed by atoms with Crippen LogP contribution in [0.5, 0.6) is 0 Å². The highest BCUT2D eigenvalue weighted by atomic mass is 79.9. The topological polar surface area (TPSA) is 9.23 Å². The van der Waals surface area contributed by atoms with Crippen LogP contribution in [-0.4, -0.2) is 30.1 Å².